The van der Waals surface area contributed by atoms with Gasteiger partial charge in [-0.15, -0.1) is 0 Å². The summed E-state index contributed by atoms with van der Waals surface area (Å²) in [4.78, 5) is 18.6. The zero-order chi connectivity index (χ0) is 17.4. The molecular weight excluding hydrogens is 372 g/mol. The second-order valence-corrected chi connectivity index (χ2v) is 6.65. The summed E-state index contributed by atoms with van der Waals surface area (Å²) in [5, 5.41) is 8.82. The van der Waals surface area contributed by atoms with Gasteiger partial charge in [-0.2, -0.15) is 10.2 Å². The predicted molar refractivity (Wildman–Crippen MR) is 93.9 cm³/mol. The Morgan fingerprint density at radius 2 is 2.08 bits per heavy atom. The molecule has 3 aromatic rings. The number of fused-ring (bicyclic) bond motifs is 1. The Bertz CT molecular complexity index is 913. The molecule has 0 bridgehead atoms. The summed E-state index contributed by atoms with van der Waals surface area (Å²) in [6.45, 7) is 7.38. The van der Waals surface area contributed by atoms with Gasteiger partial charge in [0.1, 0.15) is 0 Å². The molecule has 7 nitrogen and oxygen atoms in total. The van der Waals surface area contributed by atoms with Gasteiger partial charge < -0.3 is 4.90 Å². The number of nitrogens with zero attached hydrogens (tertiary/aromatic N) is 6. The molecule has 0 unspecified atom stereocenters. The van der Waals surface area contributed by atoms with E-state index in [1.54, 1.807) is 34.9 Å². The van der Waals surface area contributed by atoms with Gasteiger partial charge in [-0.05, 0) is 36.7 Å². The fourth-order valence-corrected chi connectivity index (χ4v) is 3.03. The van der Waals surface area contributed by atoms with E-state index < -0.39 is 0 Å². The van der Waals surface area contributed by atoms with Crippen LogP contribution >= 0.6 is 15.9 Å². The molecule has 126 valence electrons. The number of rotatable bonds is 4. The van der Waals surface area contributed by atoms with Crippen molar-refractivity contribution in [1.82, 2.24) is 29.3 Å². The highest BCUT2D eigenvalue weighted by Crippen LogP contribution is 2.17. The van der Waals surface area contributed by atoms with E-state index in [9.17, 15) is 4.79 Å². The van der Waals surface area contributed by atoms with Crippen molar-refractivity contribution in [3.05, 3.63) is 45.6 Å². The van der Waals surface area contributed by atoms with Gasteiger partial charge in [0.2, 0.25) is 0 Å². The minimum atomic E-state index is -0.139. The SMILES string of the molecule is CCn1nc(C)c(CN(C)C(=O)c2cc3ncc(Br)cn3n2)c1C. The van der Waals surface area contributed by atoms with E-state index in [0.717, 1.165) is 28.0 Å². The van der Waals surface area contributed by atoms with Gasteiger partial charge >= 0.3 is 0 Å². The van der Waals surface area contributed by atoms with E-state index in [0.29, 0.717) is 17.9 Å². The summed E-state index contributed by atoms with van der Waals surface area (Å²) in [5.74, 6) is -0.139. The summed E-state index contributed by atoms with van der Waals surface area (Å²) < 4.78 is 4.36. The molecule has 3 rings (SSSR count). The van der Waals surface area contributed by atoms with Crippen LogP contribution in [0.15, 0.2) is 22.9 Å². The van der Waals surface area contributed by atoms with Crippen LogP contribution in [0.5, 0.6) is 0 Å². The molecule has 0 aliphatic heterocycles. The van der Waals surface area contributed by atoms with Crippen molar-refractivity contribution in [3.8, 4) is 0 Å². The number of carbonyl (C=O) groups is 1. The highest BCUT2D eigenvalue weighted by molar-refractivity contribution is 9.10. The smallest absolute Gasteiger partial charge is 0.274 e. The molecule has 8 heteroatoms. The molecule has 0 saturated heterocycles. The zero-order valence-electron chi connectivity index (χ0n) is 14.1. The Morgan fingerprint density at radius 1 is 1.33 bits per heavy atom. The van der Waals surface area contributed by atoms with E-state index in [1.807, 2.05) is 18.5 Å². The van der Waals surface area contributed by atoms with Crippen LogP contribution in [0.1, 0.15) is 34.4 Å². The van der Waals surface area contributed by atoms with E-state index in [2.05, 4.69) is 38.0 Å². The first kappa shape index (κ1) is 16.6. The fraction of sp³-hybridized carbons (Fsp3) is 0.375. The monoisotopic (exact) mass is 390 g/mol. The molecule has 0 atom stereocenters. The summed E-state index contributed by atoms with van der Waals surface area (Å²) >= 11 is 3.35. The van der Waals surface area contributed by atoms with E-state index in [1.165, 1.54) is 0 Å². The van der Waals surface area contributed by atoms with Crippen molar-refractivity contribution in [2.45, 2.75) is 33.9 Å². The van der Waals surface area contributed by atoms with Crippen molar-refractivity contribution in [1.29, 1.82) is 0 Å². The van der Waals surface area contributed by atoms with Crippen LogP contribution in [0.25, 0.3) is 5.65 Å². The Kier molecular flexibility index (Phi) is 4.40. The summed E-state index contributed by atoms with van der Waals surface area (Å²) in [6, 6.07) is 1.69. The van der Waals surface area contributed by atoms with Crippen molar-refractivity contribution in [3.63, 3.8) is 0 Å². The van der Waals surface area contributed by atoms with Gasteiger partial charge in [0.15, 0.2) is 11.3 Å². The molecule has 3 heterocycles. The number of aromatic nitrogens is 5. The molecule has 0 radical (unpaired) electrons. The molecular formula is C16H19BrN6O. The number of halogens is 1. The van der Waals surface area contributed by atoms with Crippen LogP contribution in [0.4, 0.5) is 0 Å². The van der Waals surface area contributed by atoms with Gasteiger partial charge in [-0.1, -0.05) is 0 Å². The van der Waals surface area contributed by atoms with E-state index >= 15 is 0 Å². The third-order valence-corrected chi connectivity index (χ3v) is 4.48. The quantitative estimate of drug-likeness (QED) is 0.686. The average molecular weight is 391 g/mol. The van der Waals surface area contributed by atoms with Crippen molar-refractivity contribution >= 4 is 27.5 Å². The summed E-state index contributed by atoms with van der Waals surface area (Å²) in [6.07, 6.45) is 3.46. The molecule has 0 spiro atoms. The first-order chi connectivity index (χ1) is 11.4. The molecule has 0 aliphatic rings. The maximum absolute atomic E-state index is 12.7. The maximum atomic E-state index is 12.7. The van der Waals surface area contributed by atoms with Crippen molar-refractivity contribution in [2.75, 3.05) is 7.05 Å². The van der Waals surface area contributed by atoms with E-state index in [4.69, 9.17) is 0 Å². The van der Waals surface area contributed by atoms with Crippen LogP contribution in [0.3, 0.4) is 0 Å². The van der Waals surface area contributed by atoms with Crippen LogP contribution in [0.2, 0.25) is 0 Å². The van der Waals surface area contributed by atoms with Crippen LogP contribution in [-0.2, 0) is 13.1 Å². The van der Waals surface area contributed by atoms with Gasteiger partial charge in [0, 0.05) is 49.9 Å². The fourth-order valence-electron chi connectivity index (χ4n) is 2.73. The lowest BCUT2D eigenvalue weighted by Crippen LogP contribution is -2.27. The second-order valence-electron chi connectivity index (χ2n) is 5.73. The Morgan fingerprint density at radius 3 is 2.75 bits per heavy atom. The molecule has 0 aromatic carbocycles. The number of hydrogen-bond acceptors (Lipinski definition) is 4. The Balaban J connectivity index is 1.85. The maximum Gasteiger partial charge on any atom is 0.274 e. The van der Waals surface area contributed by atoms with Gasteiger partial charge in [0.25, 0.3) is 5.91 Å². The summed E-state index contributed by atoms with van der Waals surface area (Å²) in [7, 11) is 1.78. The molecule has 0 fully saturated rings. The highest BCUT2D eigenvalue weighted by Gasteiger charge is 2.19. The first-order valence-electron chi connectivity index (χ1n) is 7.70. The molecule has 1 amide bonds. The number of aryl methyl sites for hydroxylation is 2. The minimum absolute atomic E-state index is 0.139. The number of hydrogen-bond donors (Lipinski definition) is 0. The first-order valence-corrected chi connectivity index (χ1v) is 8.49. The lowest BCUT2D eigenvalue weighted by Gasteiger charge is -2.16. The lowest BCUT2D eigenvalue weighted by molar-refractivity contribution is 0.0778. The topological polar surface area (TPSA) is 68.3 Å². The highest BCUT2D eigenvalue weighted by atomic mass is 79.9. The molecule has 0 saturated carbocycles. The average Bonchev–Trinajstić information content (AvgIpc) is 3.09. The third-order valence-electron chi connectivity index (χ3n) is 4.07. The van der Waals surface area contributed by atoms with Crippen molar-refractivity contribution < 1.29 is 4.79 Å². The van der Waals surface area contributed by atoms with Crippen LogP contribution in [0, 0.1) is 13.8 Å². The largest absolute Gasteiger partial charge is 0.336 e. The Labute approximate surface area is 148 Å². The predicted octanol–water partition coefficient (Wildman–Crippen LogP) is 2.60. The normalized spacial score (nSPS) is 11.2. The third kappa shape index (κ3) is 2.93. The van der Waals surface area contributed by atoms with Crippen molar-refractivity contribution in [2.24, 2.45) is 0 Å². The Hall–Kier alpha value is -2.22. The van der Waals surface area contributed by atoms with Gasteiger partial charge in [-0.25, -0.2) is 9.50 Å². The molecule has 3 aromatic heterocycles. The second kappa shape index (κ2) is 6.35. The van der Waals surface area contributed by atoms with Gasteiger partial charge in [0.05, 0.1) is 10.2 Å². The standard InChI is InChI=1S/C16H19BrN6O/c1-5-22-11(3)13(10(2)19-22)9-21(4)16(24)14-6-15-18-7-12(17)8-23(15)20-14/h6-8H,5,9H2,1-4H3. The van der Waals surface area contributed by atoms with E-state index in [-0.39, 0.29) is 5.91 Å². The molecule has 24 heavy (non-hydrogen) atoms. The number of carbonyl (C=O) groups excluding carboxylic acids is 1. The molecule has 0 aliphatic carbocycles. The van der Waals surface area contributed by atoms with Crippen LogP contribution < -0.4 is 0 Å². The number of amides is 1. The lowest BCUT2D eigenvalue weighted by atomic mass is 10.2. The zero-order valence-corrected chi connectivity index (χ0v) is 15.7. The van der Waals surface area contributed by atoms with Gasteiger partial charge in [-0.3, -0.25) is 9.48 Å². The summed E-state index contributed by atoms with van der Waals surface area (Å²) in [5.41, 5.74) is 4.14. The minimum Gasteiger partial charge on any atom is -0.336 e. The van der Waals surface area contributed by atoms with Crippen LogP contribution in [-0.4, -0.2) is 42.2 Å². The molecule has 0 N–H and O–H groups in total.